The SMILES string of the molecule is CC1CNCCCN1S(=O)(=O)c1ccc2c(SCCN)nccc2c1.Cl.Cl.Cl. The summed E-state index contributed by atoms with van der Waals surface area (Å²) in [4.78, 5) is 4.73. The summed E-state index contributed by atoms with van der Waals surface area (Å²) < 4.78 is 27.8. The molecule has 6 nitrogen and oxygen atoms in total. The third kappa shape index (κ3) is 6.09. The Morgan fingerprint density at radius 2 is 2.04 bits per heavy atom. The van der Waals surface area contributed by atoms with Crippen LogP contribution >= 0.6 is 49.0 Å². The van der Waals surface area contributed by atoms with Crippen LogP contribution in [-0.4, -0.2) is 55.7 Å². The van der Waals surface area contributed by atoms with E-state index in [0.717, 1.165) is 34.5 Å². The molecule has 1 aromatic carbocycles. The number of halogens is 3. The van der Waals surface area contributed by atoms with Gasteiger partial charge < -0.3 is 11.1 Å². The molecule has 160 valence electrons. The number of sulfonamides is 1. The molecule has 1 aliphatic rings. The van der Waals surface area contributed by atoms with E-state index >= 15 is 0 Å². The summed E-state index contributed by atoms with van der Waals surface area (Å²) in [6.45, 7) is 4.60. The van der Waals surface area contributed by atoms with E-state index in [1.807, 2.05) is 19.1 Å². The van der Waals surface area contributed by atoms with E-state index in [1.54, 1.807) is 34.4 Å². The molecule has 0 spiro atoms. The van der Waals surface area contributed by atoms with Crippen molar-refractivity contribution in [1.29, 1.82) is 0 Å². The van der Waals surface area contributed by atoms with Gasteiger partial charge in [0.05, 0.1) is 4.90 Å². The summed E-state index contributed by atoms with van der Waals surface area (Å²) in [7, 11) is -3.51. The van der Waals surface area contributed by atoms with Crippen LogP contribution in [0.2, 0.25) is 0 Å². The molecule has 0 saturated carbocycles. The number of benzene rings is 1. The zero-order valence-electron chi connectivity index (χ0n) is 15.5. The second-order valence-corrected chi connectivity index (χ2v) is 9.13. The fourth-order valence-electron chi connectivity index (χ4n) is 3.04. The van der Waals surface area contributed by atoms with Crippen LogP contribution in [0.3, 0.4) is 0 Å². The van der Waals surface area contributed by atoms with Gasteiger partial charge in [-0.15, -0.1) is 49.0 Å². The topological polar surface area (TPSA) is 88.3 Å². The predicted molar refractivity (Wildman–Crippen MR) is 124 cm³/mol. The van der Waals surface area contributed by atoms with Gasteiger partial charge in [-0.05, 0) is 43.5 Å². The van der Waals surface area contributed by atoms with Crippen molar-refractivity contribution >= 4 is 69.8 Å². The predicted octanol–water partition coefficient (Wildman–Crippen LogP) is 2.92. The van der Waals surface area contributed by atoms with Crippen molar-refractivity contribution in [3.63, 3.8) is 0 Å². The van der Waals surface area contributed by atoms with Gasteiger partial charge in [-0.2, -0.15) is 4.31 Å². The number of rotatable bonds is 5. The van der Waals surface area contributed by atoms with Crippen LogP contribution < -0.4 is 11.1 Å². The Balaban J connectivity index is 0.00000243. The molecule has 1 atom stereocenters. The summed E-state index contributed by atoms with van der Waals surface area (Å²) in [6, 6.07) is 7.10. The summed E-state index contributed by atoms with van der Waals surface area (Å²) in [5.41, 5.74) is 5.57. The van der Waals surface area contributed by atoms with E-state index in [1.165, 1.54) is 0 Å². The van der Waals surface area contributed by atoms with Crippen molar-refractivity contribution in [1.82, 2.24) is 14.6 Å². The van der Waals surface area contributed by atoms with E-state index in [9.17, 15) is 8.42 Å². The highest BCUT2D eigenvalue weighted by Crippen LogP contribution is 2.29. The van der Waals surface area contributed by atoms with Crippen LogP contribution in [0.4, 0.5) is 0 Å². The number of hydrogen-bond donors (Lipinski definition) is 2. The van der Waals surface area contributed by atoms with Gasteiger partial charge in [-0.1, -0.05) is 6.07 Å². The number of pyridine rings is 1. The Kier molecular flexibility index (Phi) is 12.3. The van der Waals surface area contributed by atoms with Gasteiger partial charge in [0.2, 0.25) is 10.0 Å². The molecule has 1 aliphatic heterocycles. The van der Waals surface area contributed by atoms with Crippen molar-refractivity contribution in [3.05, 3.63) is 30.5 Å². The zero-order chi connectivity index (χ0) is 17.9. The maximum atomic E-state index is 13.1. The second-order valence-electron chi connectivity index (χ2n) is 6.16. The molecule has 2 aromatic rings. The molecule has 0 radical (unpaired) electrons. The van der Waals surface area contributed by atoms with Gasteiger partial charge >= 0.3 is 0 Å². The molecule has 1 saturated heterocycles. The molecule has 3 N–H and O–H groups in total. The fraction of sp³-hybridized carbons (Fsp3) is 0.471. The smallest absolute Gasteiger partial charge is 0.243 e. The first-order chi connectivity index (χ1) is 12.0. The number of nitrogens with zero attached hydrogens (tertiary/aromatic N) is 2. The molecule has 0 amide bonds. The molecule has 28 heavy (non-hydrogen) atoms. The van der Waals surface area contributed by atoms with E-state index in [-0.39, 0.29) is 43.3 Å². The molecule has 0 aliphatic carbocycles. The average molecular weight is 490 g/mol. The fourth-order valence-corrected chi connectivity index (χ4v) is 5.54. The number of nitrogens with two attached hydrogens (primary N) is 1. The number of thioether (sulfide) groups is 1. The Morgan fingerprint density at radius 3 is 2.75 bits per heavy atom. The Hall–Kier alpha value is -0.320. The number of aromatic nitrogens is 1. The van der Waals surface area contributed by atoms with E-state index in [2.05, 4.69) is 10.3 Å². The van der Waals surface area contributed by atoms with Crippen LogP contribution in [0, 0.1) is 0 Å². The van der Waals surface area contributed by atoms with E-state index in [0.29, 0.717) is 24.5 Å². The average Bonchev–Trinajstić information content (AvgIpc) is 2.84. The van der Waals surface area contributed by atoms with Crippen molar-refractivity contribution in [2.45, 2.75) is 29.3 Å². The van der Waals surface area contributed by atoms with Crippen LogP contribution in [0.1, 0.15) is 13.3 Å². The lowest BCUT2D eigenvalue weighted by Gasteiger charge is -2.26. The number of nitrogens with one attached hydrogen (secondary N) is 1. The van der Waals surface area contributed by atoms with Crippen LogP contribution in [0.15, 0.2) is 40.4 Å². The minimum atomic E-state index is -3.51. The molecule has 1 aromatic heterocycles. The van der Waals surface area contributed by atoms with Gasteiger partial charge in [0.15, 0.2) is 0 Å². The first-order valence-electron chi connectivity index (χ1n) is 8.48. The first-order valence-corrected chi connectivity index (χ1v) is 10.9. The second kappa shape index (κ2) is 12.4. The standard InChI is InChI=1S/C17H24N4O2S2.3ClH/c1-13-12-19-7-2-9-21(13)25(22,23)15-3-4-16-14(11-15)5-8-20-17(16)24-10-6-18;;;/h3-5,8,11,13,19H,2,6-7,9-10,12,18H2,1H3;3*1H. The van der Waals surface area contributed by atoms with Gasteiger partial charge in [0.25, 0.3) is 0 Å². The lowest BCUT2D eigenvalue weighted by atomic mass is 10.2. The van der Waals surface area contributed by atoms with Gasteiger partial charge in [-0.3, -0.25) is 0 Å². The third-order valence-electron chi connectivity index (χ3n) is 4.33. The van der Waals surface area contributed by atoms with Gasteiger partial charge in [0.1, 0.15) is 5.03 Å². The summed E-state index contributed by atoms with van der Waals surface area (Å²) in [5, 5.41) is 6.02. The molecule has 1 fully saturated rings. The maximum absolute atomic E-state index is 13.1. The van der Waals surface area contributed by atoms with Crippen LogP contribution in [0.25, 0.3) is 10.8 Å². The minimum absolute atomic E-state index is 0. The molecule has 0 bridgehead atoms. The van der Waals surface area contributed by atoms with Crippen molar-refractivity contribution in [3.8, 4) is 0 Å². The lowest BCUT2D eigenvalue weighted by molar-refractivity contribution is 0.353. The summed E-state index contributed by atoms with van der Waals surface area (Å²) in [6.07, 6.45) is 2.54. The van der Waals surface area contributed by atoms with Crippen LogP contribution in [-0.2, 0) is 10.0 Å². The first kappa shape index (κ1) is 27.7. The Labute approximate surface area is 189 Å². The molecular formula is C17H27Cl3N4O2S2. The highest BCUT2D eigenvalue weighted by atomic mass is 35.5. The monoisotopic (exact) mass is 488 g/mol. The largest absolute Gasteiger partial charge is 0.330 e. The highest BCUT2D eigenvalue weighted by molar-refractivity contribution is 7.99. The lowest BCUT2D eigenvalue weighted by Crippen LogP contribution is -2.41. The quantitative estimate of drug-likeness (QED) is 0.628. The molecule has 3 rings (SSSR count). The third-order valence-corrected chi connectivity index (χ3v) is 7.37. The summed E-state index contributed by atoms with van der Waals surface area (Å²) >= 11 is 1.59. The zero-order valence-corrected chi connectivity index (χ0v) is 19.6. The number of fused-ring (bicyclic) bond motifs is 1. The van der Waals surface area contributed by atoms with Crippen molar-refractivity contribution in [2.24, 2.45) is 5.73 Å². The van der Waals surface area contributed by atoms with Gasteiger partial charge in [-0.25, -0.2) is 13.4 Å². The molecular weight excluding hydrogens is 463 g/mol. The Morgan fingerprint density at radius 1 is 1.29 bits per heavy atom. The van der Waals surface area contributed by atoms with Crippen molar-refractivity contribution < 1.29 is 8.42 Å². The number of hydrogen-bond acceptors (Lipinski definition) is 6. The normalized spacial score (nSPS) is 17.7. The highest BCUT2D eigenvalue weighted by Gasteiger charge is 2.30. The maximum Gasteiger partial charge on any atom is 0.243 e. The summed E-state index contributed by atoms with van der Waals surface area (Å²) in [5.74, 6) is 0.782. The van der Waals surface area contributed by atoms with E-state index in [4.69, 9.17) is 5.73 Å². The Bertz CT molecular complexity index is 855. The minimum Gasteiger partial charge on any atom is -0.330 e. The molecule has 11 heteroatoms. The van der Waals surface area contributed by atoms with Crippen LogP contribution in [0.5, 0.6) is 0 Å². The van der Waals surface area contributed by atoms with Crippen molar-refractivity contribution in [2.75, 3.05) is 31.9 Å². The van der Waals surface area contributed by atoms with E-state index < -0.39 is 10.0 Å². The molecule has 1 unspecified atom stereocenters. The van der Waals surface area contributed by atoms with Gasteiger partial charge in [0, 0.05) is 43.0 Å². The molecule has 2 heterocycles.